The van der Waals surface area contributed by atoms with Crippen molar-refractivity contribution in [1.82, 2.24) is 0 Å². The van der Waals surface area contributed by atoms with Crippen LogP contribution in [0.25, 0.3) is 0 Å². The summed E-state index contributed by atoms with van der Waals surface area (Å²) >= 11 is 2.88. The topological polar surface area (TPSA) is 26.0 Å². The van der Waals surface area contributed by atoms with E-state index in [0.717, 1.165) is 6.07 Å². The first-order chi connectivity index (χ1) is 6.79. The molecule has 0 aromatic heterocycles. The first kappa shape index (κ1) is 12.4. The quantitative estimate of drug-likeness (QED) is 0.827. The fourth-order valence-corrected chi connectivity index (χ4v) is 1.51. The van der Waals surface area contributed by atoms with Crippen molar-refractivity contribution in [3.63, 3.8) is 0 Å². The highest BCUT2D eigenvalue weighted by Gasteiger charge is 2.31. The van der Waals surface area contributed by atoms with Crippen molar-refractivity contribution in [3.8, 4) is 0 Å². The Labute approximate surface area is 92.4 Å². The van der Waals surface area contributed by atoms with E-state index in [1.807, 2.05) is 0 Å². The van der Waals surface area contributed by atoms with Gasteiger partial charge in [0.1, 0.15) is 5.82 Å². The lowest BCUT2D eigenvalue weighted by molar-refractivity contribution is -0.138. The molecule has 1 nitrogen and oxygen atoms in total. The van der Waals surface area contributed by atoms with E-state index in [-0.39, 0.29) is 10.0 Å². The van der Waals surface area contributed by atoms with E-state index in [9.17, 15) is 17.6 Å². The van der Waals surface area contributed by atoms with Crippen LogP contribution in [0.4, 0.5) is 17.6 Å². The van der Waals surface area contributed by atoms with E-state index >= 15 is 0 Å². The molecule has 84 valence electrons. The third-order valence-electron chi connectivity index (χ3n) is 1.82. The molecule has 0 bridgehead atoms. The van der Waals surface area contributed by atoms with E-state index in [0.29, 0.717) is 0 Å². The third-order valence-corrected chi connectivity index (χ3v) is 2.43. The molecule has 0 aliphatic carbocycles. The average Bonchev–Trinajstić information content (AvgIpc) is 2.06. The molecule has 0 aliphatic rings. The first-order valence-electron chi connectivity index (χ1n) is 4.07. The number of rotatable bonds is 2. The maximum absolute atomic E-state index is 12.8. The number of benzene rings is 1. The lowest BCUT2D eigenvalue weighted by Gasteiger charge is -2.14. The van der Waals surface area contributed by atoms with Gasteiger partial charge < -0.3 is 5.73 Å². The molecule has 0 saturated heterocycles. The van der Waals surface area contributed by atoms with E-state index in [1.54, 1.807) is 0 Å². The largest absolute Gasteiger partial charge is 0.390 e. The van der Waals surface area contributed by atoms with Gasteiger partial charge in [0.05, 0.1) is 10.9 Å². The van der Waals surface area contributed by atoms with Crippen LogP contribution in [0, 0.1) is 5.82 Å². The van der Waals surface area contributed by atoms with Crippen molar-refractivity contribution < 1.29 is 17.6 Å². The Morgan fingerprint density at radius 1 is 1.33 bits per heavy atom. The van der Waals surface area contributed by atoms with Gasteiger partial charge in [0.15, 0.2) is 0 Å². The standard InChI is InChI=1S/C9H8BrF4N/c10-6-3-5(1-2-7(6)11)8(15)4-9(12,13)14/h1-3,8H,4,15H2/t8-/m1/s1. The fourth-order valence-electron chi connectivity index (χ4n) is 1.11. The minimum atomic E-state index is -4.32. The molecule has 0 amide bonds. The number of hydrogen-bond acceptors (Lipinski definition) is 1. The maximum atomic E-state index is 12.8. The Morgan fingerprint density at radius 3 is 2.40 bits per heavy atom. The molecule has 0 saturated carbocycles. The summed E-state index contributed by atoms with van der Waals surface area (Å²) in [6.07, 6.45) is -5.44. The SMILES string of the molecule is N[C@H](CC(F)(F)F)c1ccc(F)c(Br)c1. The van der Waals surface area contributed by atoms with Crippen molar-refractivity contribution in [3.05, 3.63) is 34.1 Å². The molecule has 2 N–H and O–H groups in total. The van der Waals surface area contributed by atoms with E-state index in [1.165, 1.54) is 12.1 Å². The van der Waals surface area contributed by atoms with Gasteiger partial charge >= 0.3 is 6.18 Å². The molecule has 0 spiro atoms. The average molecular weight is 286 g/mol. The van der Waals surface area contributed by atoms with Crippen LogP contribution in [0.15, 0.2) is 22.7 Å². The molecule has 0 unspecified atom stereocenters. The van der Waals surface area contributed by atoms with E-state index in [2.05, 4.69) is 15.9 Å². The van der Waals surface area contributed by atoms with Crippen LogP contribution in [0.2, 0.25) is 0 Å². The highest BCUT2D eigenvalue weighted by Crippen LogP contribution is 2.29. The van der Waals surface area contributed by atoms with E-state index < -0.39 is 24.5 Å². The molecule has 6 heteroatoms. The molecule has 0 heterocycles. The van der Waals surface area contributed by atoms with Crippen molar-refractivity contribution in [2.45, 2.75) is 18.6 Å². The van der Waals surface area contributed by atoms with Gasteiger partial charge in [-0.15, -0.1) is 0 Å². The lowest BCUT2D eigenvalue weighted by Crippen LogP contribution is -2.20. The summed E-state index contributed by atoms with van der Waals surface area (Å²) < 4.78 is 48.9. The molecule has 1 aromatic rings. The summed E-state index contributed by atoms with van der Waals surface area (Å²) in [5.74, 6) is -0.530. The predicted molar refractivity (Wildman–Crippen MR) is 51.7 cm³/mol. The number of hydrogen-bond donors (Lipinski definition) is 1. The Kier molecular flexibility index (Phi) is 3.72. The minimum Gasteiger partial charge on any atom is -0.324 e. The van der Waals surface area contributed by atoms with Crippen molar-refractivity contribution in [2.24, 2.45) is 5.73 Å². The molecule has 0 aliphatic heterocycles. The molecule has 1 rings (SSSR count). The molecule has 0 fully saturated rings. The molecular formula is C9H8BrF4N. The highest BCUT2D eigenvalue weighted by molar-refractivity contribution is 9.10. The second kappa shape index (κ2) is 4.49. The van der Waals surface area contributed by atoms with Crippen LogP contribution in [-0.4, -0.2) is 6.18 Å². The Balaban J connectivity index is 2.83. The Morgan fingerprint density at radius 2 is 1.93 bits per heavy atom. The van der Waals surface area contributed by atoms with E-state index in [4.69, 9.17) is 5.73 Å². The molecular weight excluding hydrogens is 278 g/mol. The molecule has 15 heavy (non-hydrogen) atoms. The van der Waals surface area contributed by atoms with Crippen LogP contribution in [0.1, 0.15) is 18.0 Å². The van der Waals surface area contributed by atoms with Crippen molar-refractivity contribution in [2.75, 3.05) is 0 Å². The minimum absolute atomic E-state index is 0.109. The van der Waals surface area contributed by atoms with Crippen molar-refractivity contribution in [1.29, 1.82) is 0 Å². The van der Waals surface area contributed by atoms with Crippen LogP contribution in [0.3, 0.4) is 0 Å². The number of alkyl halides is 3. The predicted octanol–water partition coefficient (Wildman–Crippen LogP) is 3.54. The Bertz CT molecular complexity index is 350. The van der Waals surface area contributed by atoms with Crippen LogP contribution in [-0.2, 0) is 0 Å². The van der Waals surface area contributed by atoms with Crippen molar-refractivity contribution >= 4 is 15.9 Å². The summed E-state index contributed by atoms with van der Waals surface area (Å²) in [7, 11) is 0. The monoisotopic (exact) mass is 285 g/mol. The summed E-state index contributed by atoms with van der Waals surface area (Å²) in [4.78, 5) is 0. The van der Waals surface area contributed by atoms with Gasteiger partial charge in [0.2, 0.25) is 0 Å². The van der Waals surface area contributed by atoms with Gasteiger partial charge in [0, 0.05) is 6.04 Å². The summed E-state index contributed by atoms with van der Waals surface area (Å²) in [5.41, 5.74) is 5.59. The smallest absolute Gasteiger partial charge is 0.324 e. The van der Waals surface area contributed by atoms with Gasteiger partial charge in [-0.3, -0.25) is 0 Å². The van der Waals surface area contributed by atoms with Crippen LogP contribution < -0.4 is 5.73 Å². The zero-order valence-corrected chi connectivity index (χ0v) is 9.07. The summed E-state index contributed by atoms with van der Waals surface area (Å²) in [6, 6.07) is 2.42. The summed E-state index contributed by atoms with van der Waals surface area (Å²) in [6.45, 7) is 0. The number of nitrogens with two attached hydrogens (primary N) is 1. The van der Waals surface area contributed by atoms with Gasteiger partial charge in [-0.2, -0.15) is 13.2 Å². The van der Waals surface area contributed by atoms with Crippen LogP contribution in [0.5, 0.6) is 0 Å². The number of halogens is 5. The maximum Gasteiger partial charge on any atom is 0.390 e. The first-order valence-corrected chi connectivity index (χ1v) is 4.86. The van der Waals surface area contributed by atoms with Crippen LogP contribution >= 0.6 is 15.9 Å². The molecule has 1 aromatic carbocycles. The normalized spacial score (nSPS) is 14.0. The van der Waals surface area contributed by atoms with Gasteiger partial charge in [-0.25, -0.2) is 4.39 Å². The zero-order chi connectivity index (χ0) is 11.6. The molecule has 1 atom stereocenters. The zero-order valence-electron chi connectivity index (χ0n) is 7.48. The summed E-state index contributed by atoms with van der Waals surface area (Å²) in [5, 5.41) is 0. The van der Waals surface area contributed by atoms with Gasteiger partial charge in [0.25, 0.3) is 0 Å². The molecule has 0 radical (unpaired) electrons. The lowest BCUT2D eigenvalue weighted by atomic mass is 10.0. The highest BCUT2D eigenvalue weighted by atomic mass is 79.9. The Hall–Kier alpha value is -0.620. The second-order valence-corrected chi connectivity index (χ2v) is 3.95. The van der Waals surface area contributed by atoms with Gasteiger partial charge in [-0.1, -0.05) is 6.07 Å². The fraction of sp³-hybridized carbons (Fsp3) is 0.333. The second-order valence-electron chi connectivity index (χ2n) is 3.10. The van der Waals surface area contributed by atoms with Gasteiger partial charge in [-0.05, 0) is 33.6 Å². The third kappa shape index (κ3) is 3.79.